The zero-order valence-corrected chi connectivity index (χ0v) is 34.2. The molecule has 294 valence electrons. The fourth-order valence-corrected chi connectivity index (χ4v) is 9.14. The third kappa shape index (κ3) is 6.44. The first kappa shape index (κ1) is 36.4. The van der Waals surface area contributed by atoms with E-state index in [4.69, 9.17) is 15.0 Å². The second-order valence-electron chi connectivity index (χ2n) is 16.0. The molecule has 0 N–H and O–H groups in total. The Bertz CT molecular complexity index is 3560. The number of para-hydroxylation sites is 2. The van der Waals surface area contributed by atoms with Crippen LogP contribution in [0.1, 0.15) is 0 Å². The van der Waals surface area contributed by atoms with Crippen LogP contribution in [0.2, 0.25) is 0 Å². The third-order valence-corrected chi connectivity index (χ3v) is 12.2. The average molecular weight is 803 g/mol. The van der Waals surface area contributed by atoms with Crippen LogP contribution < -0.4 is 0 Å². The van der Waals surface area contributed by atoms with Gasteiger partial charge in [-0.1, -0.05) is 200 Å². The SMILES string of the molecule is c1ccc(-c2cc(-c3ccc(-c4ccc(-c5ccc6c7ccc8c(-c9ccccc9)nc9ccccc9c8c7n(-c7ccccc7)c6c5)cc4)cc3)nc(-c3ccccc3)n2)cc1. The first-order valence-electron chi connectivity index (χ1n) is 21.4. The molecule has 12 rings (SSSR count). The highest BCUT2D eigenvalue weighted by Crippen LogP contribution is 2.43. The number of nitrogens with zero attached hydrogens (tertiary/aromatic N) is 4. The fourth-order valence-electron chi connectivity index (χ4n) is 9.14. The van der Waals surface area contributed by atoms with Gasteiger partial charge in [0.1, 0.15) is 0 Å². The lowest BCUT2D eigenvalue weighted by Gasteiger charge is -2.14. The minimum atomic E-state index is 0.713. The average Bonchev–Trinajstić information content (AvgIpc) is 3.71. The fraction of sp³-hybridized carbons (Fsp3) is 0. The molecule has 3 aromatic heterocycles. The Balaban J connectivity index is 0.942. The van der Waals surface area contributed by atoms with Gasteiger partial charge in [0.2, 0.25) is 0 Å². The molecule has 3 heterocycles. The minimum absolute atomic E-state index is 0.713. The second-order valence-corrected chi connectivity index (χ2v) is 16.0. The lowest BCUT2D eigenvalue weighted by molar-refractivity contribution is 1.18. The van der Waals surface area contributed by atoms with Crippen LogP contribution in [-0.2, 0) is 0 Å². The van der Waals surface area contributed by atoms with Crippen molar-refractivity contribution in [3.8, 4) is 73.1 Å². The van der Waals surface area contributed by atoms with Gasteiger partial charge in [-0.25, -0.2) is 15.0 Å². The summed E-state index contributed by atoms with van der Waals surface area (Å²) in [6, 6.07) is 81.6. The predicted octanol–water partition coefficient (Wildman–Crippen LogP) is 15.3. The zero-order valence-electron chi connectivity index (χ0n) is 34.2. The second kappa shape index (κ2) is 15.2. The van der Waals surface area contributed by atoms with Gasteiger partial charge in [-0.05, 0) is 52.6 Å². The lowest BCUT2D eigenvalue weighted by atomic mass is 9.97. The molecule has 0 aliphatic heterocycles. The molecule has 0 amide bonds. The molecule has 4 nitrogen and oxygen atoms in total. The van der Waals surface area contributed by atoms with Crippen molar-refractivity contribution in [1.82, 2.24) is 19.5 Å². The summed E-state index contributed by atoms with van der Waals surface area (Å²) in [4.78, 5) is 15.3. The maximum atomic E-state index is 5.25. The summed E-state index contributed by atoms with van der Waals surface area (Å²) in [6.07, 6.45) is 0. The van der Waals surface area contributed by atoms with E-state index in [0.717, 1.165) is 83.6 Å². The summed E-state index contributed by atoms with van der Waals surface area (Å²) in [5, 5.41) is 5.93. The van der Waals surface area contributed by atoms with E-state index in [9.17, 15) is 0 Å². The van der Waals surface area contributed by atoms with Gasteiger partial charge < -0.3 is 4.57 Å². The summed E-state index contributed by atoms with van der Waals surface area (Å²) < 4.78 is 2.46. The van der Waals surface area contributed by atoms with Crippen molar-refractivity contribution >= 4 is 43.5 Å². The number of rotatable bonds is 7. The lowest BCUT2D eigenvalue weighted by Crippen LogP contribution is -1.96. The molecule has 0 radical (unpaired) electrons. The molecule has 0 saturated carbocycles. The molecule has 0 unspecified atom stereocenters. The van der Waals surface area contributed by atoms with E-state index in [1.165, 1.54) is 27.2 Å². The summed E-state index contributed by atoms with van der Waals surface area (Å²) in [6.45, 7) is 0. The quantitative estimate of drug-likeness (QED) is 0.151. The maximum absolute atomic E-state index is 5.25. The maximum Gasteiger partial charge on any atom is 0.160 e. The third-order valence-electron chi connectivity index (χ3n) is 12.2. The van der Waals surface area contributed by atoms with Crippen molar-refractivity contribution in [2.24, 2.45) is 0 Å². The Morgan fingerprint density at radius 2 is 0.778 bits per heavy atom. The van der Waals surface area contributed by atoms with Crippen molar-refractivity contribution < 1.29 is 0 Å². The van der Waals surface area contributed by atoms with E-state index in [1.807, 2.05) is 36.4 Å². The first-order chi connectivity index (χ1) is 31.2. The molecule has 0 aliphatic rings. The molecule has 0 saturated heterocycles. The molecule has 0 atom stereocenters. The van der Waals surface area contributed by atoms with Crippen LogP contribution in [0.25, 0.3) is 117 Å². The van der Waals surface area contributed by atoms with Crippen molar-refractivity contribution in [1.29, 1.82) is 0 Å². The number of pyridine rings is 1. The Morgan fingerprint density at radius 3 is 1.43 bits per heavy atom. The van der Waals surface area contributed by atoms with E-state index in [2.05, 4.69) is 199 Å². The van der Waals surface area contributed by atoms with Crippen molar-refractivity contribution in [3.05, 3.63) is 231 Å². The number of fused-ring (bicyclic) bond motifs is 7. The van der Waals surface area contributed by atoms with Gasteiger partial charge in [0, 0.05) is 54.9 Å². The monoisotopic (exact) mass is 802 g/mol. The highest BCUT2D eigenvalue weighted by Gasteiger charge is 2.20. The minimum Gasteiger partial charge on any atom is -0.309 e. The van der Waals surface area contributed by atoms with Crippen LogP contribution in [0.3, 0.4) is 0 Å². The van der Waals surface area contributed by atoms with Gasteiger partial charge in [0.05, 0.1) is 33.6 Å². The molecule has 63 heavy (non-hydrogen) atoms. The normalized spacial score (nSPS) is 11.5. The van der Waals surface area contributed by atoms with Crippen LogP contribution in [0.15, 0.2) is 231 Å². The van der Waals surface area contributed by atoms with Gasteiger partial charge in [0.15, 0.2) is 5.82 Å². The highest BCUT2D eigenvalue weighted by atomic mass is 15.0. The molecule has 12 aromatic rings. The van der Waals surface area contributed by atoms with E-state index >= 15 is 0 Å². The van der Waals surface area contributed by atoms with Gasteiger partial charge in [0.25, 0.3) is 0 Å². The zero-order chi connectivity index (χ0) is 41.7. The molecule has 0 fully saturated rings. The Hall–Kier alpha value is -8.47. The van der Waals surface area contributed by atoms with Gasteiger partial charge in [-0.2, -0.15) is 0 Å². The molecule has 0 aliphatic carbocycles. The van der Waals surface area contributed by atoms with Crippen molar-refractivity contribution in [2.75, 3.05) is 0 Å². The van der Waals surface area contributed by atoms with E-state index in [0.29, 0.717) is 5.82 Å². The summed E-state index contributed by atoms with van der Waals surface area (Å²) >= 11 is 0. The molecule has 0 bridgehead atoms. The molecule has 4 heteroatoms. The van der Waals surface area contributed by atoms with Gasteiger partial charge in [-0.3, -0.25) is 0 Å². The van der Waals surface area contributed by atoms with Crippen molar-refractivity contribution in [3.63, 3.8) is 0 Å². The Labute approximate surface area is 365 Å². The summed E-state index contributed by atoms with van der Waals surface area (Å²) in [7, 11) is 0. The summed E-state index contributed by atoms with van der Waals surface area (Å²) in [5.41, 5.74) is 16.1. The first-order valence-corrected chi connectivity index (χ1v) is 21.4. The topological polar surface area (TPSA) is 43.6 Å². The molecular formula is C59H38N4. The molecule has 9 aromatic carbocycles. The largest absolute Gasteiger partial charge is 0.309 e. The van der Waals surface area contributed by atoms with Gasteiger partial charge >= 0.3 is 0 Å². The number of benzene rings is 9. The number of hydrogen-bond donors (Lipinski definition) is 0. The predicted molar refractivity (Wildman–Crippen MR) is 262 cm³/mol. The van der Waals surface area contributed by atoms with E-state index in [-0.39, 0.29) is 0 Å². The Morgan fingerprint density at radius 1 is 0.302 bits per heavy atom. The standard InChI is InChI=1S/C59H38N4/c1-5-15-42(16-6-1)53-38-54(62-59(61-53)45-19-9-3-10-20-45)43-31-29-40(30-32-43)39-25-27-41(28-26-39)46-33-34-48-49-35-36-51-56(58(49)63(55(48)37-46)47-21-11-4-12-22-47)50-23-13-14-24-52(50)60-57(51)44-17-7-2-8-18-44/h1-38H. The van der Waals surface area contributed by atoms with Crippen molar-refractivity contribution in [2.45, 2.75) is 0 Å². The van der Waals surface area contributed by atoms with Gasteiger partial charge in [-0.15, -0.1) is 0 Å². The molecule has 0 spiro atoms. The number of aromatic nitrogens is 4. The van der Waals surface area contributed by atoms with Crippen LogP contribution in [0.4, 0.5) is 0 Å². The van der Waals surface area contributed by atoms with E-state index in [1.54, 1.807) is 0 Å². The molecular weight excluding hydrogens is 765 g/mol. The van der Waals surface area contributed by atoms with Crippen LogP contribution in [0.5, 0.6) is 0 Å². The Kier molecular flexibility index (Phi) is 8.79. The van der Waals surface area contributed by atoms with Crippen LogP contribution in [-0.4, -0.2) is 19.5 Å². The smallest absolute Gasteiger partial charge is 0.160 e. The summed E-state index contributed by atoms with van der Waals surface area (Å²) in [5.74, 6) is 0.713. The van der Waals surface area contributed by atoms with Crippen LogP contribution in [0, 0.1) is 0 Å². The highest BCUT2D eigenvalue weighted by molar-refractivity contribution is 6.27. The van der Waals surface area contributed by atoms with E-state index < -0.39 is 0 Å². The number of hydrogen-bond acceptors (Lipinski definition) is 3. The van der Waals surface area contributed by atoms with Crippen LogP contribution >= 0.6 is 0 Å².